The molecule has 84 valence electrons. The summed E-state index contributed by atoms with van der Waals surface area (Å²) in [5.41, 5.74) is 0.0867. The van der Waals surface area contributed by atoms with Crippen LogP contribution in [0.15, 0.2) is 0 Å². The van der Waals surface area contributed by atoms with Gasteiger partial charge in [-0.2, -0.15) is 0 Å². The Morgan fingerprint density at radius 1 is 1.29 bits per heavy atom. The minimum Gasteiger partial charge on any atom is -0.297 e. The van der Waals surface area contributed by atoms with Crippen LogP contribution in [0.2, 0.25) is 0 Å². The van der Waals surface area contributed by atoms with Crippen molar-refractivity contribution in [3.05, 3.63) is 0 Å². The number of hydrogen-bond acceptors (Lipinski definition) is 3. The van der Waals surface area contributed by atoms with E-state index >= 15 is 0 Å². The molecule has 1 aliphatic heterocycles. The van der Waals surface area contributed by atoms with Crippen molar-refractivity contribution in [3.63, 3.8) is 0 Å². The van der Waals surface area contributed by atoms with Crippen molar-refractivity contribution >= 4 is 9.84 Å². The number of piperidine rings is 1. The van der Waals surface area contributed by atoms with Crippen LogP contribution in [0.25, 0.3) is 0 Å². The molecule has 0 N–H and O–H groups in total. The van der Waals surface area contributed by atoms with Gasteiger partial charge in [0.05, 0.1) is 5.25 Å². The Labute approximate surface area is 87.4 Å². The molecule has 1 rings (SSSR count). The van der Waals surface area contributed by atoms with Gasteiger partial charge in [-0.15, -0.1) is 0 Å². The van der Waals surface area contributed by atoms with E-state index in [-0.39, 0.29) is 10.8 Å². The van der Waals surface area contributed by atoms with Crippen molar-refractivity contribution in [1.29, 1.82) is 0 Å². The number of rotatable bonds is 1. The lowest BCUT2D eigenvalue weighted by molar-refractivity contribution is 0.112. The van der Waals surface area contributed by atoms with E-state index in [0.29, 0.717) is 6.54 Å². The van der Waals surface area contributed by atoms with E-state index in [9.17, 15) is 8.42 Å². The highest BCUT2D eigenvalue weighted by Gasteiger charge is 2.32. The molecule has 1 heterocycles. The molecule has 1 fully saturated rings. The predicted octanol–water partition coefficient (Wildman–Crippen LogP) is 1.29. The van der Waals surface area contributed by atoms with Gasteiger partial charge in [0.1, 0.15) is 0 Å². The summed E-state index contributed by atoms with van der Waals surface area (Å²) in [7, 11) is -2.86. The lowest BCUT2D eigenvalue weighted by Gasteiger charge is -2.41. The van der Waals surface area contributed by atoms with Crippen LogP contribution in [-0.4, -0.2) is 43.5 Å². The van der Waals surface area contributed by atoms with Gasteiger partial charge < -0.3 is 0 Å². The fourth-order valence-electron chi connectivity index (χ4n) is 1.90. The van der Waals surface area contributed by atoms with Gasteiger partial charge in [-0.1, -0.05) is 0 Å². The summed E-state index contributed by atoms with van der Waals surface area (Å²) in [4.78, 5) is 2.27. The summed E-state index contributed by atoms with van der Waals surface area (Å²) >= 11 is 0. The molecule has 0 aromatic heterocycles. The monoisotopic (exact) mass is 219 g/mol. The molecule has 0 spiro atoms. The van der Waals surface area contributed by atoms with Crippen LogP contribution in [0.4, 0.5) is 0 Å². The highest BCUT2D eigenvalue weighted by atomic mass is 32.2. The Balaban J connectivity index is 2.71. The van der Waals surface area contributed by atoms with Gasteiger partial charge >= 0.3 is 0 Å². The average Bonchev–Trinajstić information content (AvgIpc) is 2.01. The van der Waals surface area contributed by atoms with E-state index in [4.69, 9.17) is 0 Å². The van der Waals surface area contributed by atoms with Crippen molar-refractivity contribution in [1.82, 2.24) is 4.90 Å². The standard InChI is InChI=1S/C10H21NO2S/c1-10(2,3)11-7-5-6-9(8-11)14(4,12)13/h9H,5-8H2,1-4H3. The first kappa shape index (κ1) is 12.0. The van der Waals surface area contributed by atoms with E-state index in [1.165, 1.54) is 6.26 Å². The fraction of sp³-hybridized carbons (Fsp3) is 1.00. The van der Waals surface area contributed by atoms with Crippen molar-refractivity contribution < 1.29 is 8.42 Å². The molecule has 0 bridgehead atoms. The van der Waals surface area contributed by atoms with Gasteiger partial charge in [-0.05, 0) is 40.2 Å². The van der Waals surface area contributed by atoms with Gasteiger partial charge in [0.15, 0.2) is 9.84 Å². The van der Waals surface area contributed by atoms with Gasteiger partial charge in [0.25, 0.3) is 0 Å². The summed E-state index contributed by atoms with van der Waals surface area (Å²) in [5, 5.41) is -0.157. The van der Waals surface area contributed by atoms with E-state index < -0.39 is 9.84 Å². The Bertz CT molecular complexity index is 290. The Hall–Kier alpha value is -0.0900. The third-order valence-corrected chi connectivity index (χ3v) is 4.53. The predicted molar refractivity (Wildman–Crippen MR) is 59.2 cm³/mol. The topological polar surface area (TPSA) is 37.4 Å². The quantitative estimate of drug-likeness (QED) is 0.667. The van der Waals surface area contributed by atoms with Crippen molar-refractivity contribution in [2.45, 2.75) is 44.4 Å². The van der Waals surface area contributed by atoms with E-state index in [1.807, 2.05) is 0 Å². The Kier molecular flexibility index (Phi) is 3.26. The normalized spacial score (nSPS) is 26.4. The van der Waals surface area contributed by atoms with E-state index in [1.54, 1.807) is 0 Å². The summed E-state index contributed by atoms with van der Waals surface area (Å²) in [6, 6.07) is 0. The molecule has 1 saturated heterocycles. The molecule has 1 aliphatic rings. The second-order valence-electron chi connectivity index (χ2n) is 5.21. The highest BCUT2D eigenvalue weighted by molar-refractivity contribution is 7.91. The average molecular weight is 219 g/mol. The molecule has 14 heavy (non-hydrogen) atoms. The number of hydrogen-bond donors (Lipinski definition) is 0. The first-order valence-electron chi connectivity index (χ1n) is 5.15. The molecule has 0 saturated carbocycles. The molecule has 4 heteroatoms. The first-order chi connectivity index (χ1) is 6.21. The lowest BCUT2D eigenvalue weighted by Crippen LogP contribution is -2.50. The molecule has 0 aromatic rings. The molecule has 0 aliphatic carbocycles. The molecular formula is C10H21NO2S. The maximum absolute atomic E-state index is 11.4. The maximum Gasteiger partial charge on any atom is 0.151 e. The SMILES string of the molecule is CC(C)(C)N1CCCC(S(C)(=O)=O)C1. The van der Waals surface area contributed by atoms with E-state index in [0.717, 1.165) is 19.4 Å². The van der Waals surface area contributed by atoms with Crippen LogP contribution in [0, 0.1) is 0 Å². The molecule has 0 amide bonds. The molecule has 0 radical (unpaired) electrons. The minimum atomic E-state index is -2.86. The first-order valence-corrected chi connectivity index (χ1v) is 7.10. The Morgan fingerprint density at radius 2 is 1.86 bits per heavy atom. The third-order valence-electron chi connectivity index (χ3n) is 2.93. The van der Waals surface area contributed by atoms with Crippen LogP contribution in [0.1, 0.15) is 33.6 Å². The molecule has 1 atom stereocenters. The van der Waals surface area contributed by atoms with Crippen LogP contribution >= 0.6 is 0 Å². The number of sulfone groups is 1. The molecular weight excluding hydrogens is 198 g/mol. The smallest absolute Gasteiger partial charge is 0.151 e. The summed E-state index contributed by atoms with van der Waals surface area (Å²) in [6.45, 7) is 8.13. The summed E-state index contributed by atoms with van der Waals surface area (Å²) in [6.07, 6.45) is 3.17. The molecule has 3 nitrogen and oxygen atoms in total. The van der Waals surface area contributed by atoms with E-state index in [2.05, 4.69) is 25.7 Å². The number of likely N-dealkylation sites (tertiary alicyclic amines) is 1. The van der Waals surface area contributed by atoms with Crippen molar-refractivity contribution in [2.24, 2.45) is 0 Å². The maximum atomic E-state index is 11.4. The molecule has 1 unspecified atom stereocenters. The highest BCUT2D eigenvalue weighted by Crippen LogP contribution is 2.23. The van der Waals surface area contributed by atoms with Crippen LogP contribution in [-0.2, 0) is 9.84 Å². The van der Waals surface area contributed by atoms with Gasteiger partial charge in [0, 0.05) is 18.3 Å². The van der Waals surface area contributed by atoms with Crippen LogP contribution in [0.5, 0.6) is 0 Å². The van der Waals surface area contributed by atoms with Gasteiger partial charge in [-0.25, -0.2) is 8.42 Å². The van der Waals surface area contributed by atoms with Gasteiger partial charge in [-0.3, -0.25) is 4.90 Å². The van der Waals surface area contributed by atoms with Gasteiger partial charge in [0.2, 0.25) is 0 Å². The second-order valence-corrected chi connectivity index (χ2v) is 7.54. The minimum absolute atomic E-state index is 0.0867. The van der Waals surface area contributed by atoms with Crippen LogP contribution < -0.4 is 0 Å². The zero-order chi connectivity index (χ0) is 11.0. The van der Waals surface area contributed by atoms with Crippen molar-refractivity contribution in [2.75, 3.05) is 19.3 Å². The number of nitrogens with zero attached hydrogens (tertiary/aromatic N) is 1. The lowest BCUT2D eigenvalue weighted by atomic mass is 10.0. The molecule has 0 aromatic carbocycles. The summed E-state index contributed by atoms with van der Waals surface area (Å²) in [5.74, 6) is 0. The Morgan fingerprint density at radius 3 is 2.29 bits per heavy atom. The fourth-order valence-corrected chi connectivity index (χ4v) is 2.94. The third kappa shape index (κ3) is 2.95. The largest absolute Gasteiger partial charge is 0.297 e. The summed E-state index contributed by atoms with van der Waals surface area (Å²) < 4.78 is 22.9. The van der Waals surface area contributed by atoms with Crippen LogP contribution in [0.3, 0.4) is 0 Å². The zero-order valence-corrected chi connectivity index (χ0v) is 10.4. The zero-order valence-electron chi connectivity index (χ0n) is 9.58. The van der Waals surface area contributed by atoms with Crippen molar-refractivity contribution in [3.8, 4) is 0 Å². The second kappa shape index (κ2) is 3.81.